The maximum atomic E-state index is 5.90. The summed E-state index contributed by atoms with van der Waals surface area (Å²) >= 11 is 5.90. The molecule has 1 aliphatic rings. The second kappa shape index (κ2) is 9.46. The number of nitrogens with zero attached hydrogens (tertiary/aromatic N) is 3. The Labute approximate surface area is 210 Å². The van der Waals surface area contributed by atoms with Gasteiger partial charge in [0.05, 0.1) is 50.5 Å². The van der Waals surface area contributed by atoms with Crippen LogP contribution in [0.4, 0.5) is 5.69 Å². The molecule has 0 radical (unpaired) electrons. The number of benzene rings is 1. The van der Waals surface area contributed by atoms with Gasteiger partial charge in [-0.05, 0) is 74.1 Å². The monoisotopic (exact) mass is 488 g/mol. The van der Waals surface area contributed by atoms with Gasteiger partial charge in [-0.3, -0.25) is 4.98 Å². The Hall–Kier alpha value is -3.78. The molecule has 7 nitrogen and oxygen atoms in total. The van der Waals surface area contributed by atoms with Crippen LogP contribution in [0.2, 0.25) is 0 Å². The van der Waals surface area contributed by atoms with E-state index in [4.69, 9.17) is 26.1 Å². The van der Waals surface area contributed by atoms with Crippen LogP contribution in [0.3, 0.4) is 0 Å². The molecule has 180 valence electrons. The minimum atomic E-state index is -0.145. The number of anilines is 1. The number of pyridine rings is 1. The molecule has 1 fully saturated rings. The Balaban J connectivity index is 1.65. The number of ether oxygens (including phenoxy) is 2. The molecule has 0 aliphatic carbocycles. The fourth-order valence-corrected chi connectivity index (χ4v) is 5.18. The molecule has 0 unspecified atom stereocenters. The van der Waals surface area contributed by atoms with E-state index in [1.807, 2.05) is 54.7 Å². The van der Waals surface area contributed by atoms with Gasteiger partial charge in [-0.2, -0.15) is 0 Å². The summed E-state index contributed by atoms with van der Waals surface area (Å²) in [4.78, 5) is 6.80. The van der Waals surface area contributed by atoms with E-state index in [0.29, 0.717) is 17.4 Å². The largest absolute Gasteiger partial charge is 0.497 e. The number of aryl methyl sites for hydroxylation is 1. The third kappa shape index (κ3) is 4.14. The minimum Gasteiger partial charge on any atom is -0.497 e. The lowest BCUT2D eigenvalue weighted by Gasteiger charge is -2.29. The topological polar surface area (TPSA) is 64.7 Å². The first-order valence-electron chi connectivity index (χ1n) is 11.4. The van der Waals surface area contributed by atoms with Crippen LogP contribution in [0.5, 0.6) is 11.5 Å². The molecule has 0 bridgehead atoms. The van der Waals surface area contributed by atoms with Gasteiger partial charge in [0, 0.05) is 23.7 Å². The van der Waals surface area contributed by atoms with E-state index in [1.54, 1.807) is 20.5 Å². The van der Waals surface area contributed by atoms with Crippen molar-refractivity contribution in [1.29, 1.82) is 0 Å². The summed E-state index contributed by atoms with van der Waals surface area (Å²) < 4.78 is 19.1. The summed E-state index contributed by atoms with van der Waals surface area (Å²) in [7, 11) is 3.30. The van der Waals surface area contributed by atoms with Crippen molar-refractivity contribution in [1.82, 2.24) is 14.9 Å². The van der Waals surface area contributed by atoms with Gasteiger partial charge in [-0.1, -0.05) is 6.07 Å². The molecule has 0 amide bonds. The summed E-state index contributed by atoms with van der Waals surface area (Å²) in [5.74, 6) is 2.32. The highest BCUT2D eigenvalue weighted by Crippen LogP contribution is 2.46. The molecule has 1 aliphatic heterocycles. The molecule has 35 heavy (non-hydrogen) atoms. The lowest BCUT2D eigenvalue weighted by atomic mass is 9.96. The molecule has 5 rings (SSSR count). The second-order valence-corrected chi connectivity index (χ2v) is 8.91. The van der Waals surface area contributed by atoms with E-state index in [9.17, 15) is 0 Å². The highest BCUT2D eigenvalue weighted by molar-refractivity contribution is 7.80. The Morgan fingerprint density at radius 1 is 1.06 bits per heavy atom. The maximum absolute atomic E-state index is 5.90. The van der Waals surface area contributed by atoms with Crippen molar-refractivity contribution in [3.05, 3.63) is 95.5 Å². The normalized spacial score (nSPS) is 17.5. The molecule has 4 heterocycles. The molecule has 1 N–H and O–H groups in total. The molecule has 0 spiro atoms. The Morgan fingerprint density at radius 2 is 1.91 bits per heavy atom. The predicted molar refractivity (Wildman–Crippen MR) is 139 cm³/mol. The maximum Gasteiger partial charge on any atom is 0.174 e. The van der Waals surface area contributed by atoms with Crippen LogP contribution in [-0.2, 0) is 6.54 Å². The number of hydrogen-bond donors (Lipinski definition) is 1. The fourth-order valence-electron chi connectivity index (χ4n) is 4.84. The first-order chi connectivity index (χ1) is 17.0. The highest BCUT2D eigenvalue weighted by atomic mass is 32.1. The van der Waals surface area contributed by atoms with Crippen LogP contribution in [0.15, 0.2) is 71.5 Å². The lowest BCUT2D eigenvalue weighted by Crippen LogP contribution is -2.30. The molecular weight excluding hydrogens is 460 g/mol. The van der Waals surface area contributed by atoms with Crippen LogP contribution >= 0.6 is 12.2 Å². The number of thiocarbonyl (C=S) groups is 1. The number of furan rings is 1. The van der Waals surface area contributed by atoms with E-state index in [-0.39, 0.29) is 12.1 Å². The molecule has 1 saturated heterocycles. The van der Waals surface area contributed by atoms with Gasteiger partial charge < -0.3 is 28.7 Å². The summed E-state index contributed by atoms with van der Waals surface area (Å²) in [5, 5.41) is 4.14. The quantitative estimate of drug-likeness (QED) is 0.353. The third-order valence-electron chi connectivity index (χ3n) is 6.57. The van der Waals surface area contributed by atoms with Gasteiger partial charge in [-0.25, -0.2) is 0 Å². The van der Waals surface area contributed by atoms with Crippen molar-refractivity contribution in [2.24, 2.45) is 0 Å². The third-order valence-corrected chi connectivity index (χ3v) is 6.88. The highest BCUT2D eigenvalue weighted by Gasteiger charge is 2.43. The SMILES string of the molecule is COc1ccc(N2C(=S)N[C@@H](c3ccccn3)[C@H]2c2cc(C)n(Cc3ccco3)c2C)c(OC)c1. The zero-order chi connectivity index (χ0) is 24.5. The van der Waals surface area contributed by atoms with Gasteiger partial charge in [0.25, 0.3) is 0 Å². The first kappa shape index (κ1) is 23.0. The average molecular weight is 489 g/mol. The first-order valence-corrected chi connectivity index (χ1v) is 11.8. The van der Waals surface area contributed by atoms with Crippen molar-refractivity contribution in [2.75, 3.05) is 19.1 Å². The van der Waals surface area contributed by atoms with Gasteiger partial charge in [0.15, 0.2) is 5.11 Å². The Morgan fingerprint density at radius 3 is 2.60 bits per heavy atom. The zero-order valence-corrected chi connectivity index (χ0v) is 21.0. The Bertz CT molecular complexity index is 1330. The van der Waals surface area contributed by atoms with Crippen LogP contribution in [0.1, 0.15) is 40.5 Å². The van der Waals surface area contributed by atoms with Gasteiger partial charge in [-0.15, -0.1) is 0 Å². The molecule has 0 saturated carbocycles. The van der Waals surface area contributed by atoms with Crippen LogP contribution in [-0.4, -0.2) is 28.9 Å². The smallest absolute Gasteiger partial charge is 0.174 e. The molecule has 2 atom stereocenters. The van der Waals surface area contributed by atoms with Gasteiger partial charge in [0.2, 0.25) is 0 Å². The fraction of sp³-hybridized carbons (Fsp3) is 0.259. The standard InChI is InChI=1S/C27H28N4O3S/c1-17-14-21(18(2)30(17)16-20-8-7-13-34-20)26-25(22-9-5-6-12-28-22)29-27(35)31(26)23-11-10-19(32-3)15-24(23)33-4/h5-15,25-26H,16H2,1-4H3,(H,29,35)/t25-,26+/m0/s1. The molecule has 1 aromatic carbocycles. The second-order valence-electron chi connectivity index (χ2n) is 8.53. The van der Waals surface area contributed by atoms with E-state index >= 15 is 0 Å². The molecule has 4 aromatic rings. The lowest BCUT2D eigenvalue weighted by molar-refractivity contribution is 0.394. The Kier molecular flexibility index (Phi) is 6.21. The summed E-state index contributed by atoms with van der Waals surface area (Å²) in [6, 6.07) is 17.6. The molecule has 8 heteroatoms. The van der Waals surface area contributed by atoms with Crippen LogP contribution in [0, 0.1) is 13.8 Å². The van der Waals surface area contributed by atoms with Crippen molar-refractivity contribution in [3.63, 3.8) is 0 Å². The molecule has 3 aromatic heterocycles. The minimum absolute atomic E-state index is 0.142. The number of aromatic nitrogens is 2. The van der Waals surface area contributed by atoms with E-state index in [1.165, 1.54) is 0 Å². The number of nitrogens with one attached hydrogen (secondary N) is 1. The van der Waals surface area contributed by atoms with Crippen molar-refractivity contribution in [3.8, 4) is 11.5 Å². The molecular formula is C27H28N4O3S. The number of hydrogen-bond acceptors (Lipinski definition) is 5. The zero-order valence-electron chi connectivity index (χ0n) is 20.2. The van der Waals surface area contributed by atoms with Gasteiger partial charge in [0.1, 0.15) is 17.3 Å². The van der Waals surface area contributed by atoms with Crippen LogP contribution < -0.4 is 19.7 Å². The van der Waals surface area contributed by atoms with Crippen LogP contribution in [0.25, 0.3) is 0 Å². The van der Waals surface area contributed by atoms with Crippen molar-refractivity contribution in [2.45, 2.75) is 32.5 Å². The summed E-state index contributed by atoms with van der Waals surface area (Å²) in [6.45, 7) is 4.93. The van der Waals surface area contributed by atoms with E-state index < -0.39 is 0 Å². The van der Waals surface area contributed by atoms with E-state index in [0.717, 1.165) is 39.8 Å². The summed E-state index contributed by atoms with van der Waals surface area (Å²) in [5.41, 5.74) is 5.24. The number of rotatable bonds is 7. The van der Waals surface area contributed by atoms with Crippen molar-refractivity contribution < 1.29 is 13.9 Å². The predicted octanol–water partition coefficient (Wildman–Crippen LogP) is 5.34. The average Bonchev–Trinajstić information content (AvgIpc) is 3.59. The number of methoxy groups -OCH3 is 2. The van der Waals surface area contributed by atoms with Crippen molar-refractivity contribution >= 4 is 23.0 Å². The summed E-state index contributed by atoms with van der Waals surface area (Å²) in [6.07, 6.45) is 3.52. The van der Waals surface area contributed by atoms with Gasteiger partial charge >= 0.3 is 0 Å². The van der Waals surface area contributed by atoms with E-state index in [2.05, 4.69) is 39.7 Å².